The molecule has 0 fully saturated rings. The van der Waals surface area contributed by atoms with E-state index >= 15 is 0 Å². The van der Waals surface area contributed by atoms with Gasteiger partial charge in [0.2, 0.25) is 6.10 Å². The Morgan fingerprint density at radius 3 is 3.05 bits per heavy atom. The molecule has 114 valence electrons. The first-order valence-electron chi connectivity index (χ1n) is 7.49. The lowest BCUT2D eigenvalue weighted by atomic mass is 10.0. The highest BCUT2D eigenvalue weighted by Crippen LogP contribution is 2.30. The number of benzene rings is 1. The maximum Gasteiger partial charge on any atom is 0.264 e. The molecule has 1 aromatic carbocycles. The van der Waals surface area contributed by atoms with Gasteiger partial charge in [-0.1, -0.05) is 12.1 Å². The maximum absolute atomic E-state index is 12.4. The molecule has 2 aliphatic rings. The van der Waals surface area contributed by atoms with Gasteiger partial charge in [-0.15, -0.1) is 0 Å². The van der Waals surface area contributed by atoms with Gasteiger partial charge in [0.1, 0.15) is 6.61 Å². The van der Waals surface area contributed by atoms with Crippen molar-refractivity contribution in [3.8, 4) is 11.5 Å². The van der Waals surface area contributed by atoms with Crippen LogP contribution in [0.25, 0.3) is 0 Å². The van der Waals surface area contributed by atoms with Crippen LogP contribution in [-0.4, -0.2) is 34.4 Å². The van der Waals surface area contributed by atoms with Gasteiger partial charge in [0.05, 0.1) is 0 Å². The number of ether oxygens (including phenoxy) is 2. The minimum Gasteiger partial charge on any atom is -0.485 e. The van der Waals surface area contributed by atoms with Crippen molar-refractivity contribution in [1.29, 1.82) is 0 Å². The van der Waals surface area contributed by atoms with E-state index in [1.54, 1.807) is 6.20 Å². The van der Waals surface area contributed by atoms with Crippen molar-refractivity contribution in [2.45, 2.75) is 31.5 Å². The Balaban J connectivity index is 1.39. The molecule has 4 rings (SSSR count). The van der Waals surface area contributed by atoms with Gasteiger partial charge in [-0.25, -0.2) is 0 Å². The third kappa shape index (κ3) is 2.41. The molecular weight excluding hydrogens is 282 g/mol. The third-order valence-corrected chi connectivity index (χ3v) is 4.10. The highest BCUT2D eigenvalue weighted by molar-refractivity contribution is 5.82. The number of rotatable bonds is 2. The summed E-state index contributed by atoms with van der Waals surface area (Å²) in [6.45, 7) is 1.08. The van der Waals surface area contributed by atoms with Gasteiger partial charge in [0.25, 0.3) is 5.91 Å². The normalized spacial score (nSPS) is 22.7. The summed E-state index contributed by atoms with van der Waals surface area (Å²) >= 11 is 0. The van der Waals surface area contributed by atoms with Crippen molar-refractivity contribution < 1.29 is 14.3 Å². The zero-order valence-corrected chi connectivity index (χ0v) is 12.1. The van der Waals surface area contributed by atoms with Crippen LogP contribution in [0.5, 0.6) is 11.5 Å². The highest BCUT2D eigenvalue weighted by Gasteiger charge is 2.29. The van der Waals surface area contributed by atoms with Crippen molar-refractivity contribution in [3.05, 3.63) is 42.2 Å². The fraction of sp³-hybridized carbons (Fsp3) is 0.375. The Kier molecular flexibility index (Phi) is 3.21. The summed E-state index contributed by atoms with van der Waals surface area (Å²) in [6, 6.07) is 9.52. The minimum atomic E-state index is -0.596. The molecular formula is C16H17N3O3. The topological polar surface area (TPSA) is 65.4 Å². The average Bonchev–Trinajstić information content (AvgIpc) is 3.02. The van der Waals surface area contributed by atoms with Crippen LogP contribution in [0.3, 0.4) is 0 Å². The molecule has 0 saturated carbocycles. The second-order valence-corrected chi connectivity index (χ2v) is 5.61. The summed E-state index contributed by atoms with van der Waals surface area (Å²) in [4.78, 5) is 12.4. The van der Waals surface area contributed by atoms with E-state index in [4.69, 9.17) is 9.47 Å². The fourth-order valence-electron chi connectivity index (χ4n) is 2.93. The number of carbonyl (C=O) groups excluding carboxylic acids is 1. The van der Waals surface area contributed by atoms with Crippen LogP contribution in [0.15, 0.2) is 36.5 Å². The van der Waals surface area contributed by atoms with Crippen LogP contribution in [0.2, 0.25) is 0 Å². The molecule has 0 bridgehead atoms. The molecule has 1 aromatic heterocycles. The molecule has 0 aliphatic carbocycles. The average molecular weight is 299 g/mol. The largest absolute Gasteiger partial charge is 0.485 e. The van der Waals surface area contributed by atoms with Crippen LogP contribution in [0.1, 0.15) is 12.1 Å². The van der Waals surface area contributed by atoms with Gasteiger partial charge in [0.15, 0.2) is 11.5 Å². The number of para-hydroxylation sites is 2. The van der Waals surface area contributed by atoms with E-state index in [0.29, 0.717) is 11.5 Å². The Morgan fingerprint density at radius 2 is 2.14 bits per heavy atom. The van der Waals surface area contributed by atoms with E-state index < -0.39 is 6.10 Å². The van der Waals surface area contributed by atoms with Crippen molar-refractivity contribution in [3.63, 3.8) is 0 Å². The van der Waals surface area contributed by atoms with Gasteiger partial charge in [-0.2, -0.15) is 5.10 Å². The molecule has 1 amide bonds. The van der Waals surface area contributed by atoms with Crippen molar-refractivity contribution in [1.82, 2.24) is 15.1 Å². The first-order chi connectivity index (χ1) is 10.8. The Labute approximate surface area is 128 Å². The number of aryl methyl sites for hydroxylation is 1. The number of nitrogens with one attached hydrogen (secondary N) is 1. The zero-order chi connectivity index (χ0) is 14.9. The smallest absolute Gasteiger partial charge is 0.264 e. The summed E-state index contributed by atoms with van der Waals surface area (Å²) in [5.74, 6) is 1.19. The molecule has 0 saturated heterocycles. The fourth-order valence-corrected chi connectivity index (χ4v) is 2.93. The van der Waals surface area contributed by atoms with Crippen LogP contribution >= 0.6 is 0 Å². The number of aromatic nitrogens is 2. The highest BCUT2D eigenvalue weighted by atomic mass is 16.6. The zero-order valence-electron chi connectivity index (χ0n) is 12.1. The van der Waals surface area contributed by atoms with Gasteiger partial charge >= 0.3 is 0 Å². The molecule has 3 heterocycles. The quantitative estimate of drug-likeness (QED) is 0.903. The first-order valence-corrected chi connectivity index (χ1v) is 7.49. The number of amides is 1. The monoisotopic (exact) mass is 299 g/mol. The lowest BCUT2D eigenvalue weighted by Gasteiger charge is -2.29. The second-order valence-electron chi connectivity index (χ2n) is 5.61. The predicted octanol–water partition coefficient (Wildman–Crippen LogP) is 1.15. The molecule has 22 heavy (non-hydrogen) atoms. The second kappa shape index (κ2) is 5.36. The lowest BCUT2D eigenvalue weighted by molar-refractivity contribution is -0.131. The summed E-state index contributed by atoms with van der Waals surface area (Å²) in [6.07, 6.45) is 2.89. The summed E-state index contributed by atoms with van der Waals surface area (Å²) < 4.78 is 13.3. The minimum absolute atomic E-state index is 0.118. The maximum atomic E-state index is 12.4. The third-order valence-electron chi connectivity index (χ3n) is 4.10. The van der Waals surface area contributed by atoms with Gasteiger partial charge in [-0.05, 0) is 24.6 Å². The van der Waals surface area contributed by atoms with E-state index in [-0.39, 0.29) is 18.6 Å². The summed E-state index contributed by atoms with van der Waals surface area (Å²) in [5, 5.41) is 7.31. The van der Waals surface area contributed by atoms with Gasteiger partial charge in [0, 0.05) is 30.9 Å². The van der Waals surface area contributed by atoms with E-state index in [1.165, 1.54) is 0 Å². The molecule has 2 aliphatic heterocycles. The van der Waals surface area contributed by atoms with Gasteiger partial charge < -0.3 is 14.8 Å². The Bertz CT molecular complexity index is 697. The number of hydrogen-bond donors (Lipinski definition) is 1. The molecule has 0 radical (unpaired) electrons. The Morgan fingerprint density at radius 1 is 1.27 bits per heavy atom. The van der Waals surface area contributed by atoms with E-state index in [0.717, 1.165) is 25.1 Å². The predicted molar refractivity (Wildman–Crippen MR) is 78.8 cm³/mol. The summed E-state index contributed by atoms with van der Waals surface area (Å²) in [7, 11) is 0. The van der Waals surface area contributed by atoms with E-state index in [9.17, 15) is 4.79 Å². The van der Waals surface area contributed by atoms with Crippen LogP contribution < -0.4 is 14.8 Å². The van der Waals surface area contributed by atoms with E-state index in [1.807, 2.05) is 35.0 Å². The van der Waals surface area contributed by atoms with Crippen molar-refractivity contribution in [2.75, 3.05) is 6.61 Å². The number of fused-ring (bicyclic) bond motifs is 2. The van der Waals surface area contributed by atoms with Crippen LogP contribution in [0.4, 0.5) is 0 Å². The molecule has 2 atom stereocenters. The lowest BCUT2D eigenvalue weighted by Crippen LogP contribution is -2.49. The number of nitrogens with zero attached hydrogens (tertiary/aromatic N) is 2. The van der Waals surface area contributed by atoms with E-state index in [2.05, 4.69) is 10.4 Å². The molecule has 1 N–H and O–H groups in total. The molecule has 0 unspecified atom stereocenters. The Hall–Kier alpha value is -2.50. The van der Waals surface area contributed by atoms with Gasteiger partial charge in [-0.3, -0.25) is 9.48 Å². The SMILES string of the molecule is O=C(N[C@H]1CCn2nccc2C1)[C@@H]1COc2ccccc2O1. The van der Waals surface area contributed by atoms with Crippen LogP contribution in [-0.2, 0) is 17.8 Å². The first kappa shape index (κ1) is 13.2. The summed E-state index contributed by atoms with van der Waals surface area (Å²) in [5.41, 5.74) is 1.16. The van der Waals surface area contributed by atoms with Crippen LogP contribution in [0, 0.1) is 0 Å². The molecule has 6 nitrogen and oxygen atoms in total. The molecule has 0 spiro atoms. The van der Waals surface area contributed by atoms with Crippen molar-refractivity contribution in [2.24, 2.45) is 0 Å². The molecule has 6 heteroatoms. The number of carbonyl (C=O) groups is 1. The number of hydrogen-bond acceptors (Lipinski definition) is 4. The molecule has 2 aromatic rings. The van der Waals surface area contributed by atoms with Crippen molar-refractivity contribution >= 4 is 5.91 Å². The standard InChI is InChI=1S/C16H17N3O3/c20-16(15-10-21-13-3-1-2-4-14(13)22-15)18-11-6-8-19-12(9-11)5-7-17-19/h1-5,7,11,15H,6,8-10H2,(H,18,20)/t11-,15-/m0/s1.